The van der Waals surface area contributed by atoms with Crippen molar-refractivity contribution in [2.24, 2.45) is 0 Å². The van der Waals surface area contributed by atoms with Gasteiger partial charge >= 0.3 is 5.97 Å². The number of carbonyl (C=O) groups is 1. The Hall–Kier alpha value is -0.310. The van der Waals surface area contributed by atoms with Crippen LogP contribution in [0.5, 0.6) is 0 Å². The average molecular weight is 155 g/mol. The van der Waals surface area contributed by atoms with Gasteiger partial charge in [0, 0.05) is 0 Å². The van der Waals surface area contributed by atoms with Crippen LogP contribution in [0.2, 0.25) is 0 Å². The largest absolute Gasteiger partial charge is 0.479 e. The van der Waals surface area contributed by atoms with Crippen LogP contribution in [0.4, 0.5) is 4.39 Å². The van der Waals surface area contributed by atoms with Crippen molar-refractivity contribution in [1.82, 2.24) is 0 Å². The molecule has 0 amide bonds. The van der Waals surface area contributed by atoms with Crippen LogP contribution in [0.3, 0.4) is 0 Å². The summed E-state index contributed by atoms with van der Waals surface area (Å²) in [6, 6.07) is 0. The Morgan fingerprint density at radius 2 is 2.33 bits per heavy atom. The van der Waals surface area contributed by atoms with E-state index in [1.54, 1.807) is 0 Å². The minimum Gasteiger partial charge on any atom is -0.479 e. The first kappa shape index (κ1) is 8.69. The number of hydrogen-bond acceptors (Lipinski definition) is 1. The summed E-state index contributed by atoms with van der Waals surface area (Å²) < 4.78 is 12.6. The van der Waals surface area contributed by atoms with Gasteiger partial charge < -0.3 is 5.11 Å². The van der Waals surface area contributed by atoms with E-state index in [1.165, 1.54) is 6.92 Å². The second-order valence-electron chi connectivity index (χ2n) is 1.76. The molecule has 0 aromatic rings. The topological polar surface area (TPSA) is 37.3 Å². The predicted octanol–water partition coefficient (Wildman–Crippen LogP) is 1.43. The minimum atomic E-state index is -2.23. The highest BCUT2D eigenvalue weighted by molar-refractivity contribution is 6.20. The molecule has 1 unspecified atom stereocenters. The van der Waals surface area contributed by atoms with Gasteiger partial charge in [0.25, 0.3) is 0 Å². The highest BCUT2D eigenvalue weighted by Gasteiger charge is 2.35. The predicted molar refractivity (Wildman–Crippen MR) is 32.5 cm³/mol. The van der Waals surface area contributed by atoms with Crippen LogP contribution in [-0.2, 0) is 4.79 Å². The van der Waals surface area contributed by atoms with Crippen LogP contribution in [-0.4, -0.2) is 22.6 Å². The molecular weight excluding hydrogens is 147 g/mol. The molecule has 0 aliphatic rings. The Labute approximate surface area is 57.6 Å². The van der Waals surface area contributed by atoms with Gasteiger partial charge in [-0.2, -0.15) is 0 Å². The first-order valence-corrected chi connectivity index (χ1v) is 3.08. The smallest absolute Gasteiger partial charge is 0.342 e. The molecule has 0 aromatic carbocycles. The zero-order valence-corrected chi connectivity index (χ0v) is 5.78. The van der Waals surface area contributed by atoms with Crippen LogP contribution in [0, 0.1) is 0 Å². The van der Waals surface area contributed by atoms with Gasteiger partial charge in [-0.1, -0.05) is 6.92 Å². The molecule has 4 heteroatoms. The zero-order chi connectivity index (χ0) is 7.49. The lowest BCUT2D eigenvalue weighted by molar-refractivity contribution is -0.149. The SMILES string of the molecule is CCC(F)(CCl)C(=O)O. The minimum absolute atomic E-state index is 0.0914. The van der Waals surface area contributed by atoms with Crippen molar-refractivity contribution in [2.45, 2.75) is 19.0 Å². The summed E-state index contributed by atoms with van der Waals surface area (Å²) in [4.78, 5) is 10.0. The second-order valence-corrected chi connectivity index (χ2v) is 2.02. The Balaban J connectivity index is 4.09. The highest BCUT2D eigenvalue weighted by Crippen LogP contribution is 2.17. The summed E-state index contributed by atoms with van der Waals surface area (Å²) in [7, 11) is 0. The number of halogens is 2. The van der Waals surface area contributed by atoms with Crippen LogP contribution < -0.4 is 0 Å². The molecule has 0 radical (unpaired) electrons. The van der Waals surface area contributed by atoms with Gasteiger partial charge in [0.2, 0.25) is 5.67 Å². The summed E-state index contributed by atoms with van der Waals surface area (Å²) in [6.07, 6.45) is -0.0914. The Morgan fingerprint density at radius 3 is 2.33 bits per heavy atom. The molecular formula is C5H8ClFO2. The Kier molecular flexibility index (Phi) is 2.91. The second kappa shape index (κ2) is 3.01. The molecule has 0 spiro atoms. The fraction of sp³-hybridized carbons (Fsp3) is 0.800. The maximum atomic E-state index is 12.6. The zero-order valence-electron chi connectivity index (χ0n) is 5.03. The third kappa shape index (κ3) is 1.82. The first-order chi connectivity index (χ1) is 4.06. The molecule has 0 aliphatic heterocycles. The lowest BCUT2D eigenvalue weighted by Gasteiger charge is -2.13. The van der Waals surface area contributed by atoms with Crippen molar-refractivity contribution in [2.75, 3.05) is 5.88 Å². The van der Waals surface area contributed by atoms with Crippen molar-refractivity contribution in [1.29, 1.82) is 0 Å². The number of carboxylic acids is 1. The maximum Gasteiger partial charge on any atom is 0.342 e. The fourth-order valence-corrected chi connectivity index (χ4v) is 0.606. The molecule has 9 heavy (non-hydrogen) atoms. The molecule has 0 fully saturated rings. The van der Waals surface area contributed by atoms with Crippen LogP contribution >= 0.6 is 11.6 Å². The summed E-state index contributed by atoms with van der Waals surface area (Å²) in [5, 5.41) is 8.17. The van der Waals surface area contributed by atoms with E-state index in [0.29, 0.717) is 0 Å². The molecule has 54 valence electrons. The third-order valence-corrected chi connectivity index (χ3v) is 1.58. The number of rotatable bonds is 3. The average Bonchev–Trinajstić information content (AvgIpc) is 1.86. The molecule has 0 heterocycles. The molecule has 2 nitrogen and oxygen atoms in total. The Morgan fingerprint density at radius 1 is 1.89 bits per heavy atom. The Bertz CT molecular complexity index is 112. The highest BCUT2D eigenvalue weighted by atomic mass is 35.5. The van der Waals surface area contributed by atoms with Gasteiger partial charge in [0.1, 0.15) is 0 Å². The van der Waals surface area contributed by atoms with Gasteiger partial charge in [-0.3, -0.25) is 0 Å². The fourth-order valence-electron chi connectivity index (χ4n) is 0.303. The molecule has 0 bridgehead atoms. The van der Waals surface area contributed by atoms with E-state index in [-0.39, 0.29) is 6.42 Å². The van der Waals surface area contributed by atoms with Crippen molar-refractivity contribution < 1.29 is 14.3 Å². The molecule has 1 N–H and O–H groups in total. The summed E-state index contributed by atoms with van der Waals surface area (Å²) in [5.74, 6) is -1.97. The monoisotopic (exact) mass is 154 g/mol. The van der Waals surface area contributed by atoms with E-state index in [0.717, 1.165) is 0 Å². The van der Waals surface area contributed by atoms with Crippen LogP contribution in [0.25, 0.3) is 0 Å². The van der Waals surface area contributed by atoms with E-state index in [1.807, 2.05) is 0 Å². The van der Waals surface area contributed by atoms with Crippen LogP contribution in [0.15, 0.2) is 0 Å². The number of aliphatic carboxylic acids is 1. The summed E-state index contributed by atoms with van der Waals surface area (Å²) in [5.41, 5.74) is -2.23. The number of hydrogen-bond donors (Lipinski definition) is 1. The van der Waals surface area contributed by atoms with Gasteiger partial charge in [0.15, 0.2) is 0 Å². The number of alkyl halides is 2. The van der Waals surface area contributed by atoms with Gasteiger partial charge in [-0.25, -0.2) is 9.18 Å². The van der Waals surface area contributed by atoms with Crippen LogP contribution in [0.1, 0.15) is 13.3 Å². The molecule has 0 rings (SSSR count). The van der Waals surface area contributed by atoms with Gasteiger partial charge in [-0.05, 0) is 6.42 Å². The standard InChI is InChI=1S/C5H8ClFO2/c1-2-5(7,3-6)4(8)9/h2-3H2,1H3,(H,8,9). The number of carboxylic acid groups (broad SMARTS) is 1. The lowest BCUT2D eigenvalue weighted by Crippen LogP contribution is -2.34. The van der Waals surface area contributed by atoms with Crippen molar-refractivity contribution >= 4 is 17.6 Å². The summed E-state index contributed by atoms with van der Waals surface area (Å²) >= 11 is 5.05. The quantitative estimate of drug-likeness (QED) is 0.625. The molecule has 1 atom stereocenters. The van der Waals surface area contributed by atoms with E-state index < -0.39 is 17.5 Å². The normalized spacial score (nSPS) is 16.8. The molecule has 0 aliphatic carbocycles. The van der Waals surface area contributed by atoms with E-state index >= 15 is 0 Å². The van der Waals surface area contributed by atoms with E-state index in [9.17, 15) is 9.18 Å². The first-order valence-electron chi connectivity index (χ1n) is 2.55. The van der Waals surface area contributed by atoms with E-state index in [2.05, 4.69) is 0 Å². The summed E-state index contributed by atoms with van der Waals surface area (Å²) in [6.45, 7) is 1.44. The molecule has 0 aromatic heterocycles. The van der Waals surface area contributed by atoms with Crippen molar-refractivity contribution in [3.8, 4) is 0 Å². The van der Waals surface area contributed by atoms with Gasteiger partial charge in [0.05, 0.1) is 5.88 Å². The third-order valence-electron chi connectivity index (χ3n) is 1.16. The molecule has 0 saturated carbocycles. The molecule has 0 saturated heterocycles. The lowest BCUT2D eigenvalue weighted by atomic mass is 10.1. The van der Waals surface area contributed by atoms with Crippen molar-refractivity contribution in [3.63, 3.8) is 0 Å². The van der Waals surface area contributed by atoms with E-state index in [4.69, 9.17) is 16.7 Å². The van der Waals surface area contributed by atoms with Crippen molar-refractivity contribution in [3.05, 3.63) is 0 Å². The van der Waals surface area contributed by atoms with Gasteiger partial charge in [-0.15, -0.1) is 11.6 Å². The maximum absolute atomic E-state index is 12.6.